The predicted octanol–water partition coefficient (Wildman–Crippen LogP) is 9.52. The zero-order chi connectivity index (χ0) is 27.1. The fourth-order valence-corrected chi connectivity index (χ4v) is 4.87. The van der Waals surface area contributed by atoms with Crippen LogP contribution in [-0.4, -0.2) is 12.1 Å². The van der Waals surface area contributed by atoms with Crippen LogP contribution in [0.1, 0.15) is 22.5 Å². The lowest BCUT2D eigenvalue weighted by molar-refractivity contribution is 0.603. The molecule has 192 valence electrons. The lowest BCUT2D eigenvalue weighted by Crippen LogP contribution is -2.00. The van der Waals surface area contributed by atoms with Gasteiger partial charge in [-0.05, 0) is 45.7 Å². The molecule has 0 spiro atoms. The normalized spacial score (nSPS) is 12.2. The number of benzene rings is 5. The second-order valence-electron chi connectivity index (χ2n) is 9.47. The van der Waals surface area contributed by atoms with Gasteiger partial charge in [0.2, 0.25) is 0 Å². The number of hydrogen-bond acceptors (Lipinski definition) is 2. The topological polar surface area (TPSA) is 37.9 Å². The van der Waals surface area contributed by atoms with E-state index in [4.69, 9.17) is 14.4 Å². The third-order valence-electron chi connectivity index (χ3n) is 6.83. The van der Waals surface area contributed by atoms with Gasteiger partial charge in [-0.1, -0.05) is 128 Å². The molecule has 0 radical (unpaired) electrons. The Morgan fingerprint density at radius 1 is 0.750 bits per heavy atom. The van der Waals surface area contributed by atoms with Gasteiger partial charge in [0.05, 0.1) is 6.54 Å². The highest BCUT2D eigenvalue weighted by atomic mass is 16.3. The van der Waals surface area contributed by atoms with Gasteiger partial charge in [0.15, 0.2) is 5.84 Å². The number of allylic oxidation sites excluding steroid dienone is 2. The second kappa shape index (κ2) is 11.6. The first-order valence-electron chi connectivity index (χ1n) is 13.3. The number of fused-ring (bicyclic) bond motifs is 2. The molecule has 0 N–H and O–H groups in total. The van der Waals surface area contributed by atoms with Crippen molar-refractivity contribution in [3.05, 3.63) is 163 Å². The fourth-order valence-electron chi connectivity index (χ4n) is 4.87. The van der Waals surface area contributed by atoms with Gasteiger partial charge in [0.1, 0.15) is 11.3 Å². The molecule has 0 aliphatic heterocycles. The van der Waals surface area contributed by atoms with Crippen molar-refractivity contribution < 1.29 is 4.42 Å². The van der Waals surface area contributed by atoms with Crippen LogP contribution in [0.3, 0.4) is 0 Å². The Balaban J connectivity index is 1.50. The van der Waals surface area contributed by atoms with Crippen LogP contribution in [0.4, 0.5) is 0 Å². The van der Waals surface area contributed by atoms with E-state index in [9.17, 15) is 0 Å². The minimum absolute atomic E-state index is 0.533. The van der Waals surface area contributed by atoms with Crippen molar-refractivity contribution >= 4 is 39.9 Å². The SMILES string of the molecule is C=C/C=C\c1oc2cccc(-c3ccccc3)c2c1C=NC(=NCc1ccccc1)c1ccc2ccccc2c1. The van der Waals surface area contributed by atoms with Crippen LogP contribution in [-0.2, 0) is 6.54 Å². The van der Waals surface area contributed by atoms with Crippen molar-refractivity contribution in [3.8, 4) is 11.1 Å². The molecule has 0 aliphatic rings. The van der Waals surface area contributed by atoms with Gasteiger partial charge in [-0.15, -0.1) is 0 Å². The molecule has 0 aliphatic carbocycles. The third kappa shape index (κ3) is 5.31. The highest BCUT2D eigenvalue weighted by Gasteiger charge is 2.16. The van der Waals surface area contributed by atoms with E-state index in [0.717, 1.165) is 49.9 Å². The van der Waals surface area contributed by atoms with Crippen LogP contribution in [0.5, 0.6) is 0 Å². The van der Waals surface area contributed by atoms with Gasteiger partial charge < -0.3 is 4.42 Å². The molecular formula is C37H28N2O. The maximum Gasteiger partial charge on any atom is 0.154 e. The van der Waals surface area contributed by atoms with Gasteiger partial charge in [-0.25, -0.2) is 4.99 Å². The van der Waals surface area contributed by atoms with Crippen molar-refractivity contribution in [2.75, 3.05) is 0 Å². The van der Waals surface area contributed by atoms with E-state index >= 15 is 0 Å². The smallest absolute Gasteiger partial charge is 0.154 e. The van der Waals surface area contributed by atoms with Crippen LogP contribution in [0.15, 0.2) is 154 Å². The molecule has 0 fully saturated rings. The minimum Gasteiger partial charge on any atom is -0.456 e. The largest absolute Gasteiger partial charge is 0.456 e. The molecule has 0 atom stereocenters. The number of furan rings is 1. The van der Waals surface area contributed by atoms with E-state index in [1.165, 1.54) is 5.39 Å². The van der Waals surface area contributed by atoms with Crippen molar-refractivity contribution in [2.24, 2.45) is 9.98 Å². The summed E-state index contributed by atoms with van der Waals surface area (Å²) < 4.78 is 6.32. The zero-order valence-electron chi connectivity index (χ0n) is 22.1. The Hall–Kier alpha value is -5.28. The number of rotatable bonds is 7. The highest BCUT2D eigenvalue weighted by Crippen LogP contribution is 2.35. The molecule has 0 bridgehead atoms. The summed E-state index contributed by atoms with van der Waals surface area (Å²) in [5, 5.41) is 3.35. The van der Waals surface area contributed by atoms with Crippen molar-refractivity contribution in [1.82, 2.24) is 0 Å². The Morgan fingerprint density at radius 2 is 1.50 bits per heavy atom. The summed E-state index contributed by atoms with van der Waals surface area (Å²) in [4.78, 5) is 9.99. The molecule has 0 amide bonds. The third-order valence-corrected chi connectivity index (χ3v) is 6.83. The summed E-state index contributed by atoms with van der Waals surface area (Å²) >= 11 is 0. The Kier molecular flexibility index (Phi) is 7.27. The lowest BCUT2D eigenvalue weighted by Gasteiger charge is -2.06. The Labute approximate surface area is 234 Å². The monoisotopic (exact) mass is 516 g/mol. The van der Waals surface area contributed by atoms with Crippen LogP contribution >= 0.6 is 0 Å². The molecule has 0 saturated heterocycles. The summed E-state index contributed by atoms with van der Waals surface area (Å²) in [5.41, 5.74) is 6.02. The van der Waals surface area contributed by atoms with E-state index in [1.807, 2.05) is 54.8 Å². The number of nitrogens with zero attached hydrogens (tertiary/aromatic N) is 2. The van der Waals surface area contributed by atoms with Gasteiger partial charge in [-0.2, -0.15) is 0 Å². The molecule has 5 aromatic carbocycles. The predicted molar refractivity (Wildman–Crippen MR) is 169 cm³/mol. The molecule has 3 heteroatoms. The molecule has 1 aromatic heterocycles. The molecule has 40 heavy (non-hydrogen) atoms. The van der Waals surface area contributed by atoms with Crippen LogP contribution in [0.25, 0.3) is 38.9 Å². The van der Waals surface area contributed by atoms with E-state index in [-0.39, 0.29) is 0 Å². The molecule has 6 aromatic rings. The molecule has 6 rings (SSSR count). The number of amidine groups is 1. The summed E-state index contributed by atoms with van der Waals surface area (Å²) in [6, 6.07) is 41.4. The van der Waals surface area contributed by atoms with E-state index in [1.54, 1.807) is 6.08 Å². The first kappa shape index (κ1) is 25.0. The number of hydrogen-bond donors (Lipinski definition) is 0. The molecule has 1 heterocycles. The second-order valence-corrected chi connectivity index (χ2v) is 9.47. The van der Waals surface area contributed by atoms with Gasteiger partial charge in [0.25, 0.3) is 0 Å². The van der Waals surface area contributed by atoms with Crippen molar-refractivity contribution in [2.45, 2.75) is 6.54 Å². The van der Waals surface area contributed by atoms with Gasteiger partial charge in [-0.3, -0.25) is 4.99 Å². The van der Waals surface area contributed by atoms with E-state index in [0.29, 0.717) is 12.4 Å². The van der Waals surface area contributed by atoms with E-state index in [2.05, 4.69) is 91.5 Å². The maximum atomic E-state index is 6.32. The highest BCUT2D eigenvalue weighted by molar-refractivity contribution is 6.13. The van der Waals surface area contributed by atoms with E-state index < -0.39 is 0 Å². The van der Waals surface area contributed by atoms with Crippen molar-refractivity contribution in [3.63, 3.8) is 0 Å². The molecule has 3 nitrogen and oxygen atoms in total. The summed E-state index contributed by atoms with van der Waals surface area (Å²) in [7, 11) is 0. The maximum absolute atomic E-state index is 6.32. The van der Waals surface area contributed by atoms with Crippen LogP contribution in [0, 0.1) is 0 Å². The molecule has 0 unspecified atom stereocenters. The van der Waals surface area contributed by atoms with Crippen LogP contribution < -0.4 is 0 Å². The average molecular weight is 517 g/mol. The first-order valence-corrected chi connectivity index (χ1v) is 13.3. The summed E-state index contributed by atoms with van der Waals surface area (Å²) in [6.07, 6.45) is 7.44. The van der Waals surface area contributed by atoms with Crippen LogP contribution in [0.2, 0.25) is 0 Å². The quantitative estimate of drug-likeness (QED) is 0.118. The first-order chi connectivity index (χ1) is 19.8. The van der Waals surface area contributed by atoms with Crippen molar-refractivity contribution in [1.29, 1.82) is 0 Å². The summed E-state index contributed by atoms with van der Waals surface area (Å²) in [6.45, 7) is 4.37. The Bertz CT molecular complexity index is 1880. The number of aliphatic imine (C=N–C) groups is 2. The fraction of sp³-hybridized carbons (Fsp3) is 0.0270. The minimum atomic E-state index is 0.533. The Morgan fingerprint density at radius 3 is 2.30 bits per heavy atom. The molecular weight excluding hydrogens is 488 g/mol. The van der Waals surface area contributed by atoms with Gasteiger partial charge in [0, 0.05) is 22.7 Å². The lowest BCUT2D eigenvalue weighted by atomic mass is 9.98. The molecule has 0 saturated carbocycles. The zero-order valence-corrected chi connectivity index (χ0v) is 22.1. The average Bonchev–Trinajstić information content (AvgIpc) is 3.38. The van der Waals surface area contributed by atoms with Gasteiger partial charge >= 0.3 is 0 Å². The summed E-state index contributed by atoms with van der Waals surface area (Å²) in [5.74, 6) is 1.39. The standard InChI is InChI=1S/C37H28N2O/c1-2-3-20-34-33(36-32(19-12-21-35(36)40-34)29-16-8-5-9-17-29)26-39-37(38-25-27-13-6-4-7-14-27)31-23-22-28-15-10-11-18-30(28)24-31/h2-24,26H,1,25H2/b20-3-,38-37?,39-26?.